The largest absolute Gasteiger partial charge is 0.365 e. The van der Waals surface area contributed by atoms with E-state index in [0.29, 0.717) is 5.56 Å². The first-order valence-corrected chi connectivity index (χ1v) is 8.00. The van der Waals surface area contributed by atoms with E-state index in [1.54, 1.807) is 17.4 Å². The van der Waals surface area contributed by atoms with Crippen LogP contribution < -0.4 is 10.6 Å². The van der Waals surface area contributed by atoms with Gasteiger partial charge in [-0.3, -0.25) is 0 Å². The van der Waals surface area contributed by atoms with E-state index in [2.05, 4.69) is 17.9 Å². The zero-order valence-electron chi connectivity index (χ0n) is 12.1. The second-order valence-electron chi connectivity index (χ2n) is 4.93. The summed E-state index contributed by atoms with van der Waals surface area (Å²) in [5.41, 5.74) is 7.95. The molecule has 1 aromatic heterocycles. The summed E-state index contributed by atoms with van der Waals surface area (Å²) in [6, 6.07) is 13.7. The molecule has 5 heteroatoms. The minimum atomic E-state index is -0.00421. The smallest absolute Gasteiger partial charge is 0.0992 e. The van der Waals surface area contributed by atoms with E-state index in [9.17, 15) is 0 Å². The Bertz CT molecular complexity index is 647. The zero-order chi connectivity index (χ0) is 15.4. The molecule has 2 N–H and O–H groups in total. The maximum atomic E-state index is 9.05. The minimum Gasteiger partial charge on any atom is -0.365 e. The fourth-order valence-corrected chi connectivity index (χ4v) is 3.64. The second-order valence-corrected chi connectivity index (χ2v) is 6.68. The van der Waals surface area contributed by atoms with Gasteiger partial charge in [0.05, 0.1) is 22.0 Å². The van der Waals surface area contributed by atoms with Gasteiger partial charge in [-0.1, -0.05) is 24.6 Å². The van der Waals surface area contributed by atoms with Gasteiger partial charge in [0, 0.05) is 23.7 Å². The lowest BCUT2D eigenvalue weighted by Crippen LogP contribution is -2.38. The Labute approximate surface area is 134 Å². The standard InChI is InChI=1S/C16H18ClN3S/c1-3-13(19)16(14-7-8-15(17)21-14)20(2)12-6-4-5-11(9-12)10-18/h4-9,13,16H,3,19H2,1-2H3. The van der Waals surface area contributed by atoms with E-state index < -0.39 is 0 Å². The van der Waals surface area contributed by atoms with Crippen molar-refractivity contribution in [1.82, 2.24) is 0 Å². The van der Waals surface area contributed by atoms with Crippen molar-refractivity contribution in [3.63, 3.8) is 0 Å². The van der Waals surface area contributed by atoms with Crippen LogP contribution in [0.25, 0.3) is 0 Å². The Balaban J connectivity index is 2.38. The third kappa shape index (κ3) is 3.56. The van der Waals surface area contributed by atoms with Crippen LogP contribution in [-0.2, 0) is 0 Å². The summed E-state index contributed by atoms with van der Waals surface area (Å²) in [4.78, 5) is 3.26. The molecule has 0 saturated heterocycles. The number of rotatable bonds is 5. The number of halogens is 1. The highest BCUT2D eigenvalue weighted by molar-refractivity contribution is 7.16. The van der Waals surface area contributed by atoms with Crippen molar-refractivity contribution in [3.8, 4) is 6.07 Å². The summed E-state index contributed by atoms with van der Waals surface area (Å²) in [5, 5.41) is 9.05. The van der Waals surface area contributed by atoms with Crippen molar-refractivity contribution < 1.29 is 0 Å². The molecule has 1 aromatic carbocycles. The Morgan fingerprint density at radius 2 is 2.14 bits per heavy atom. The minimum absolute atomic E-state index is 0.00421. The van der Waals surface area contributed by atoms with Gasteiger partial charge in [0.1, 0.15) is 0 Å². The predicted octanol–water partition coefficient (Wildman–Crippen LogP) is 4.19. The summed E-state index contributed by atoms with van der Waals surface area (Å²) < 4.78 is 0.762. The van der Waals surface area contributed by atoms with E-state index in [1.165, 1.54) is 0 Å². The quantitative estimate of drug-likeness (QED) is 0.899. The van der Waals surface area contributed by atoms with E-state index in [0.717, 1.165) is 21.3 Å². The predicted molar refractivity (Wildman–Crippen MR) is 89.9 cm³/mol. The van der Waals surface area contributed by atoms with Crippen molar-refractivity contribution in [2.24, 2.45) is 5.73 Å². The fraction of sp³-hybridized carbons (Fsp3) is 0.312. The number of nitrogens with two attached hydrogens (primary N) is 1. The van der Waals surface area contributed by atoms with Gasteiger partial charge in [-0.2, -0.15) is 5.26 Å². The van der Waals surface area contributed by atoms with Gasteiger partial charge in [0.15, 0.2) is 0 Å². The number of benzene rings is 1. The third-order valence-electron chi connectivity index (χ3n) is 3.56. The molecular weight excluding hydrogens is 302 g/mol. The maximum Gasteiger partial charge on any atom is 0.0992 e. The lowest BCUT2D eigenvalue weighted by Gasteiger charge is -2.33. The number of hydrogen-bond donors (Lipinski definition) is 1. The summed E-state index contributed by atoms with van der Waals surface area (Å²) in [5.74, 6) is 0. The monoisotopic (exact) mass is 319 g/mol. The van der Waals surface area contributed by atoms with Crippen LogP contribution in [-0.4, -0.2) is 13.1 Å². The molecule has 0 fully saturated rings. The summed E-state index contributed by atoms with van der Waals surface area (Å²) in [6.07, 6.45) is 0.864. The van der Waals surface area contributed by atoms with Crippen LogP contribution in [0.1, 0.15) is 29.8 Å². The molecule has 2 unspecified atom stereocenters. The molecule has 2 atom stereocenters. The SMILES string of the molecule is CCC(N)C(c1ccc(Cl)s1)N(C)c1cccc(C#N)c1. The van der Waals surface area contributed by atoms with Gasteiger partial charge in [-0.15, -0.1) is 11.3 Å². The van der Waals surface area contributed by atoms with Crippen LogP contribution >= 0.6 is 22.9 Å². The number of thiophene rings is 1. The van der Waals surface area contributed by atoms with E-state index in [-0.39, 0.29) is 12.1 Å². The van der Waals surface area contributed by atoms with Crippen molar-refractivity contribution in [3.05, 3.63) is 51.2 Å². The first-order chi connectivity index (χ1) is 10.1. The van der Waals surface area contributed by atoms with Crippen molar-refractivity contribution >= 4 is 28.6 Å². The third-order valence-corrected chi connectivity index (χ3v) is 4.86. The Morgan fingerprint density at radius 3 is 2.71 bits per heavy atom. The van der Waals surface area contributed by atoms with E-state index in [1.807, 2.05) is 37.4 Å². The molecule has 0 spiro atoms. The van der Waals surface area contributed by atoms with Crippen molar-refractivity contribution in [2.45, 2.75) is 25.4 Å². The van der Waals surface area contributed by atoms with Gasteiger partial charge in [0.25, 0.3) is 0 Å². The number of likely N-dealkylation sites (N-methyl/N-ethyl adjacent to an activating group) is 1. The average Bonchev–Trinajstić information content (AvgIpc) is 2.93. The highest BCUT2D eigenvalue weighted by Crippen LogP contribution is 2.35. The highest BCUT2D eigenvalue weighted by Gasteiger charge is 2.25. The lowest BCUT2D eigenvalue weighted by atomic mass is 10.0. The van der Waals surface area contributed by atoms with E-state index in [4.69, 9.17) is 22.6 Å². The van der Waals surface area contributed by atoms with Crippen molar-refractivity contribution in [1.29, 1.82) is 5.26 Å². The van der Waals surface area contributed by atoms with Crippen LogP contribution in [0.2, 0.25) is 4.34 Å². The van der Waals surface area contributed by atoms with Crippen LogP contribution in [0.15, 0.2) is 36.4 Å². The number of hydrogen-bond acceptors (Lipinski definition) is 4. The first kappa shape index (κ1) is 15.8. The lowest BCUT2D eigenvalue weighted by molar-refractivity contribution is 0.516. The van der Waals surface area contributed by atoms with Crippen LogP contribution in [0.3, 0.4) is 0 Å². The molecule has 21 heavy (non-hydrogen) atoms. The molecule has 0 saturated carbocycles. The first-order valence-electron chi connectivity index (χ1n) is 6.80. The second kappa shape index (κ2) is 6.95. The molecule has 3 nitrogen and oxygen atoms in total. The topological polar surface area (TPSA) is 53.0 Å². The summed E-state index contributed by atoms with van der Waals surface area (Å²) in [7, 11) is 2.00. The van der Waals surface area contributed by atoms with Crippen molar-refractivity contribution in [2.75, 3.05) is 11.9 Å². The molecule has 0 aliphatic carbocycles. The van der Waals surface area contributed by atoms with Gasteiger partial charge in [0.2, 0.25) is 0 Å². The van der Waals surface area contributed by atoms with Gasteiger partial charge >= 0.3 is 0 Å². The summed E-state index contributed by atoms with van der Waals surface area (Å²) >= 11 is 7.62. The molecule has 110 valence electrons. The highest BCUT2D eigenvalue weighted by atomic mass is 35.5. The van der Waals surface area contributed by atoms with Gasteiger partial charge in [-0.05, 0) is 36.8 Å². The molecule has 1 heterocycles. The zero-order valence-corrected chi connectivity index (χ0v) is 13.7. The molecule has 0 radical (unpaired) electrons. The number of nitriles is 1. The normalized spacial score (nSPS) is 13.5. The maximum absolute atomic E-state index is 9.05. The number of nitrogens with zero attached hydrogens (tertiary/aromatic N) is 2. The van der Waals surface area contributed by atoms with Gasteiger partial charge < -0.3 is 10.6 Å². The molecule has 0 bridgehead atoms. The van der Waals surface area contributed by atoms with E-state index >= 15 is 0 Å². The molecule has 2 rings (SSSR count). The molecule has 2 aromatic rings. The number of anilines is 1. The van der Waals surface area contributed by atoms with Crippen LogP contribution in [0.4, 0.5) is 5.69 Å². The molecule has 0 aliphatic rings. The summed E-state index contributed by atoms with van der Waals surface area (Å²) in [6.45, 7) is 2.08. The van der Waals surface area contributed by atoms with Crippen LogP contribution in [0, 0.1) is 11.3 Å². The van der Waals surface area contributed by atoms with Crippen LogP contribution in [0.5, 0.6) is 0 Å². The van der Waals surface area contributed by atoms with Gasteiger partial charge in [-0.25, -0.2) is 0 Å². The Morgan fingerprint density at radius 1 is 1.38 bits per heavy atom. The molecule has 0 amide bonds. The fourth-order valence-electron chi connectivity index (χ4n) is 2.36. The molecular formula is C16H18ClN3S. The Hall–Kier alpha value is -1.54. The Kier molecular flexibility index (Phi) is 5.24. The molecule has 0 aliphatic heterocycles. The average molecular weight is 320 g/mol.